The molecule has 1 fully saturated rings. The van der Waals surface area contributed by atoms with E-state index in [0.29, 0.717) is 12.5 Å². The van der Waals surface area contributed by atoms with Gasteiger partial charge in [-0.2, -0.15) is 0 Å². The predicted molar refractivity (Wildman–Crippen MR) is 83.5 cm³/mol. The second-order valence-corrected chi connectivity index (χ2v) is 5.77. The number of fused-ring (bicyclic) bond motifs is 1. The molecule has 0 N–H and O–H groups in total. The van der Waals surface area contributed by atoms with E-state index >= 15 is 0 Å². The molecule has 1 aliphatic rings. The van der Waals surface area contributed by atoms with Gasteiger partial charge in [0.15, 0.2) is 5.65 Å². The number of pyridine rings is 1. The van der Waals surface area contributed by atoms with Gasteiger partial charge in [0.05, 0.1) is 6.61 Å². The summed E-state index contributed by atoms with van der Waals surface area (Å²) in [6.45, 7) is 6.60. The van der Waals surface area contributed by atoms with Crippen molar-refractivity contribution in [3.63, 3.8) is 0 Å². The first-order valence-electron chi connectivity index (χ1n) is 7.87. The minimum atomic E-state index is 0.500. The Morgan fingerprint density at radius 3 is 3.14 bits per heavy atom. The topological polar surface area (TPSA) is 43.2 Å². The van der Waals surface area contributed by atoms with Gasteiger partial charge in [-0.25, -0.2) is 9.97 Å². The predicted octanol–water partition coefficient (Wildman–Crippen LogP) is 2.28. The van der Waals surface area contributed by atoms with E-state index in [0.717, 1.165) is 30.9 Å². The summed E-state index contributed by atoms with van der Waals surface area (Å²) < 4.78 is 7.79. The molecule has 0 amide bonds. The summed E-state index contributed by atoms with van der Waals surface area (Å²) in [6, 6.07) is 4.01. The van der Waals surface area contributed by atoms with E-state index in [-0.39, 0.29) is 0 Å². The Morgan fingerprint density at radius 1 is 1.43 bits per heavy atom. The second kappa shape index (κ2) is 6.54. The highest BCUT2D eigenvalue weighted by atomic mass is 16.5. The second-order valence-electron chi connectivity index (χ2n) is 5.77. The van der Waals surface area contributed by atoms with Crippen LogP contribution in [0.2, 0.25) is 0 Å². The summed E-state index contributed by atoms with van der Waals surface area (Å²) in [7, 11) is 2.19. The molecule has 2 aromatic rings. The fourth-order valence-corrected chi connectivity index (χ4v) is 3.19. The number of ether oxygens (including phenoxy) is 1. The molecule has 0 radical (unpaired) electrons. The lowest BCUT2D eigenvalue weighted by Crippen LogP contribution is -2.32. The highest BCUT2D eigenvalue weighted by Gasteiger charge is 2.24. The quantitative estimate of drug-likeness (QED) is 0.792. The molecule has 21 heavy (non-hydrogen) atoms. The molecule has 3 heterocycles. The number of likely N-dealkylation sites (N-methyl/N-ethyl adjacent to an activating group) is 1. The molecule has 1 saturated heterocycles. The summed E-state index contributed by atoms with van der Waals surface area (Å²) in [5.41, 5.74) is 1.98. The molecule has 3 rings (SSSR count). The molecule has 5 heteroatoms. The summed E-state index contributed by atoms with van der Waals surface area (Å²) in [6.07, 6.45) is 4.30. The van der Waals surface area contributed by atoms with E-state index in [1.54, 1.807) is 0 Å². The number of likely N-dealkylation sites (tertiary alicyclic amines) is 1. The first-order valence-corrected chi connectivity index (χ1v) is 7.87. The fourth-order valence-electron chi connectivity index (χ4n) is 3.19. The fraction of sp³-hybridized carbons (Fsp3) is 0.625. The van der Waals surface area contributed by atoms with Crippen molar-refractivity contribution in [2.75, 3.05) is 33.4 Å². The summed E-state index contributed by atoms with van der Waals surface area (Å²) in [5.74, 6) is 1.68. The molecule has 1 atom stereocenters. The molecule has 0 bridgehead atoms. The molecular formula is C16H24N4O. The van der Waals surface area contributed by atoms with Crippen LogP contribution >= 0.6 is 0 Å². The maximum absolute atomic E-state index is 5.53. The number of piperidine rings is 1. The van der Waals surface area contributed by atoms with Gasteiger partial charge in [0, 0.05) is 31.8 Å². The third kappa shape index (κ3) is 3.09. The zero-order valence-electron chi connectivity index (χ0n) is 13.0. The summed E-state index contributed by atoms with van der Waals surface area (Å²) >= 11 is 0. The van der Waals surface area contributed by atoms with Gasteiger partial charge < -0.3 is 14.2 Å². The van der Waals surface area contributed by atoms with Gasteiger partial charge in [-0.1, -0.05) is 0 Å². The third-order valence-corrected chi connectivity index (χ3v) is 4.19. The van der Waals surface area contributed by atoms with Crippen molar-refractivity contribution in [2.24, 2.45) is 0 Å². The molecule has 0 aliphatic carbocycles. The van der Waals surface area contributed by atoms with E-state index in [1.807, 2.05) is 19.2 Å². The lowest BCUT2D eigenvalue weighted by atomic mass is 9.97. The highest BCUT2D eigenvalue weighted by Crippen LogP contribution is 2.28. The zero-order chi connectivity index (χ0) is 14.7. The van der Waals surface area contributed by atoms with Crippen LogP contribution in [0, 0.1) is 0 Å². The standard InChI is InChI=1S/C16H24N4O/c1-3-21-11-10-20-15(13-6-5-9-19(2)12-13)18-14-7-4-8-17-16(14)20/h4,7-8,13H,3,5-6,9-12H2,1-2H3. The van der Waals surface area contributed by atoms with E-state index in [2.05, 4.69) is 27.6 Å². The number of aromatic nitrogens is 3. The third-order valence-electron chi connectivity index (χ3n) is 4.19. The van der Waals surface area contributed by atoms with Crippen molar-refractivity contribution < 1.29 is 4.74 Å². The van der Waals surface area contributed by atoms with Gasteiger partial charge in [0.25, 0.3) is 0 Å². The van der Waals surface area contributed by atoms with Crippen LogP contribution in [0.1, 0.15) is 31.5 Å². The van der Waals surface area contributed by atoms with Crippen LogP contribution in [0.5, 0.6) is 0 Å². The van der Waals surface area contributed by atoms with Crippen molar-refractivity contribution >= 4 is 11.2 Å². The molecule has 0 saturated carbocycles. The smallest absolute Gasteiger partial charge is 0.160 e. The van der Waals surface area contributed by atoms with E-state index in [9.17, 15) is 0 Å². The van der Waals surface area contributed by atoms with Crippen LogP contribution in [-0.2, 0) is 11.3 Å². The minimum Gasteiger partial charge on any atom is -0.380 e. The molecule has 0 spiro atoms. The largest absolute Gasteiger partial charge is 0.380 e. The Kier molecular flexibility index (Phi) is 4.51. The van der Waals surface area contributed by atoms with Gasteiger partial charge in [0.1, 0.15) is 11.3 Å². The number of rotatable bonds is 5. The Hall–Kier alpha value is -1.46. The van der Waals surface area contributed by atoms with Crippen molar-refractivity contribution in [2.45, 2.75) is 32.2 Å². The van der Waals surface area contributed by atoms with Crippen molar-refractivity contribution in [1.29, 1.82) is 0 Å². The molecule has 2 aromatic heterocycles. The average molecular weight is 288 g/mol. The first kappa shape index (κ1) is 14.5. The van der Waals surface area contributed by atoms with Gasteiger partial charge in [-0.05, 0) is 45.5 Å². The highest BCUT2D eigenvalue weighted by molar-refractivity contribution is 5.71. The molecule has 0 aromatic carbocycles. The molecular weight excluding hydrogens is 264 g/mol. The molecule has 114 valence electrons. The van der Waals surface area contributed by atoms with Gasteiger partial charge in [-0.3, -0.25) is 0 Å². The molecule has 1 unspecified atom stereocenters. The normalized spacial score (nSPS) is 20.2. The number of nitrogens with zero attached hydrogens (tertiary/aromatic N) is 4. The summed E-state index contributed by atoms with van der Waals surface area (Å²) in [5, 5.41) is 0. The zero-order valence-corrected chi connectivity index (χ0v) is 13.0. The summed E-state index contributed by atoms with van der Waals surface area (Å²) in [4.78, 5) is 11.8. The Labute approximate surface area is 125 Å². The van der Waals surface area contributed by atoms with E-state index in [1.165, 1.54) is 25.2 Å². The van der Waals surface area contributed by atoms with Crippen LogP contribution in [0.4, 0.5) is 0 Å². The van der Waals surface area contributed by atoms with Crippen LogP contribution in [0.15, 0.2) is 18.3 Å². The Balaban J connectivity index is 1.93. The van der Waals surface area contributed by atoms with E-state index < -0.39 is 0 Å². The van der Waals surface area contributed by atoms with Crippen molar-refractivity contribution in [3.05, 3.63) is 24.2 Å². The number of hydrogen-bond acceptors (Lipinski definition) is 4. The van der Waals surface area contributed by atoms with Crippen molar-refractivity contribution in [1.82, 2.24) is 19.4 Å². The van der Waals surface area contributed by atoms with Crippen LogP contribution < -0.4 is 0 Å². The van der Waals surface area contributed by atoms with E-state index in [4.69, 9.17) is 9.72 Å². The van der Waals surface area contributed by atoms with Crippen LogP contribution in [0.25, 0.3) is 11.2 Å². The lowest BCUT2D eigenvalue weighted by Gasteiger charge is -2.29. The minimum absolute atomic E-state index is 0.500. The lowest BCUT2D eigenvalue weighted by molar-refractivity contribution is 0.138. The maximum atomic E-state index is 5.53. The Morgan fingerprint density at radius 2 is 2.33 bits per heavy atom. The molecule has 5 nitrogen and oxygen atoms in total. The van der Waals surface area contributed by atoms with Crippen LogP contribution in [-0.4, -0.2) is 52.8 Å². The van der Waals surface area contributed by atoms with Gasteiger partial charge in [-0.15, -0.1) is 0 Å². The number of hydrogen-bond donors (Lipinski definition) is 0. The van der Waals surface area contributed by atoms with Crippen LogP contribution in [0.3, 0.4) is 0 Å². The first-order chi connectivity index (χ1) is 10.3. The maximum Gasteiger partial charge on any atom is 0.160 e. The number of imidazole rings is 1. The Bertz CT molecular complexity index is 595. The van der Waals surface area contributed by atoms with Gasteiger partial charge in [0.2, 0.25) is 0 Å². The monoisotopic (exact) mass is 288 g/mol. The molecule has 1 aliphatic heterocycles. The SMILES string of the molecule is CCOCCn1c(C2CCCN(C)C2)nc2cccnc21. The average Bonchev–Trinajstić information content (AvgIpc) is 2.87. The van der Waals surface area contributed by atoms with Crippen molar-refractivity contribution in [3.8, 4) is 0 Å². The van der Waals surface area contributed by atoms with Gasteiger partial charge >= 0.3 is 0 Å².